The predicted octanol–water partition coefficient (Wildman–Crippen LogP) is 3.08. The third-order valence-electron chi connectivity index (χ3n) is 4.14. The number of amides is 2. The van der Waals surface area contributed by atoms with E-state index in [-0.39, 0.29) is 17.6 Å². The third-order valence-corrected chi connectivity index (χ3v) is 4.14. The Morgan fingerprint density at radius 1 is 1.25 bits per heavy atom. The topological polar surface area (TPSA) is 69.6 Å². The number of rotatable bonds is 4. The van der Waals surface area contributed by atoms with Gasteiger partial charge in [0.05, 0.1) is 5.69 Å². The monoisotopic (exact) mass is 324 g/mol. The van der Waals surface area contributed by atoms with Crippen molar-refractivity contribution >= 4 is 17.5 Å². The van der Waals surface area contributed by atoms with Gasteiger partial charge < -0.3 is 15.3 Å². The molecule has 24 heavy (non-hydrogen) atoms. The summed E-state index contributed by atoms with van der Waals surface area (Å²) in [5, 5.41) is 12.6. The highest BCUT2D eigenvalue weighted by Crippen LogP contribution is 2.24. The normalized spacial score (nSPS) is 14.0. The fourth-order valence-corrected chi connectivity index (χ4v) is 2.84. The molecule has 0 radical (unpaired) electrons. The van der Waals surface area contributed by atoms with E-state index in [9.17, 15) is 14.7 Å². The minimum atomic E-state index is -0.288. The summed E-state index contributed by atoms with van der Waals surface area (Å²) in [7, 11) is 0. The van der Waals surface area contributed by atoms with Gasteiger partial charge in [-0.15, -0.1) is 0 Å². The van der Waals surface area contributed by atoms with Crippen molar-refractivity contribution in [3.8, 4) is 5.75 Å². The molecule has 0 aromatic heterocycles. The third kappa shape index (κ3) is 3.56. The second kappa shape index (κ2) is 6.74. The van der Waals surface area contributed by atoms with E-state index < -0.39 is 0 Å². The maximum absolute atomic E-state index is 12.4. The highest BCUT2D eigenvalue weighted by atomic mass is 16.3. The summed E-state index contributed by atoms with van der Waals surface area (Å²) < 4.78 is 0. The Balaban J connectivity index is 1.73. The first-order chi connectivity index (χ1) is 11.5. The molecule has 5 heteroatoms. The van der Waals surface area contributed by atoms with Crippen molar-refractivity contribution in [2.45, 2.75) is 26.3 Å². The molecule has 0 spiro atoms. The first-order valence-electron chi connectivity index (χ1n) is 8.00. The van der Waals surface area contributed by atoms with Gasteiger partial charge in [-0.2, -0.15) is 0 Å². The van der Waals surface area contributed by atoms with Gasteiger partial charge >= 0.3 is 0 Å². The lowest BCUT2D eigenvalue weighted by Crippen LogP contribution is -2.24. The molecule has 0 unspecified atom stereocenters. The van der Waals surface area contributed by atoms with Gasteiger partial charge in [0.15, 0.2) is 0 Å². The van der Waals surface area contributed by atoms with Crippen LogP contribution in [0.4, 0.5) is 5.69 Å². The van der Waals surface area contributed by atoms with Crippen LogP contribution in [0, 0.1) is 6.92 Å². The maximum Gasteiger partial charge on any atom is 0.255 e. The van der Waals surface area contributed by atoms with Crippen LogP contribution >= 0.6 is 0 Å². The molecule has 1 aliphatic rings. The second-order valence-electron chi connectivity index (χ2n) is 6.09. The molecule has 0 saturated carbocycles. The summed E-state index contributed by atoms with van der Waals surface area (Å²) in [4.78, 5) is 25.9. The van der Waals surface area contributed by atoms with E-state index in [1.807, 2.05) is 24.0 Å². The quantitative estimate of drug-likeness (QED) is 0.849. The zero-order valence-electron chi connectivity index (χ0n) is 13.6. The molecule has 124 valence electrons. The number of carbonyl (C=O) groups excluding carboxylic acids is 2. The Morgan fingerprint density at radius 3 is 2.79 bits per heavy atom. The average molecular weight is 324 g/mol. The summed E-state index contributed by atoms with van der Waals surface area (Å²) >= 11 is 0. The summed E-state index contributed by atoms with van der Waals surface area (Å²) in [6, 6.07) is 12.3. The number of benzene rings is 2. The molecule has 1 heterocycles. The number of nitrogens with one attached hydrogen (secondary N) is 1. The lowest BCUT2D eigenvalue weighted by atomic mass is 10.1. The standard InChI is InChI=1S/C19H20N2O3/c1-13-7-8-16(17(22)10-13)20-19(24)15-5-2-4-14(11-15)12-21-9-3-6-18(21)23/h2,4-5,7-8,10-11,22H,3,6,9,12H2,1H3,(H,20,24). The van der Waals surface area contributed by atoms with Gasteiger partial charge in [-0.05, 0) is 48.7 Å². The molecule has 2 aromatic rings. The van der Waals surface area contributed by atoms with Crippen molar-refractivity contribution < 1.29 is 14.7 Å². The van der Waals surface area contributed by atoms with E-state index in [1.54, 1.807) is 30.3 Å². The van der Waals surface area contributed by atoms with Crippen molar-refractivity contribution in [1.29, 1.82) is 0 Å². The zero-order chi connectivity index (χ0) is 17.1. The number of aryl methyl sites for hydroxylation is 1. The molecule has 1 aliphatic heterocycles. The molecule has 2 amide bonds. The van der Waals surface area contributed by atoms with E-state index in [0.717, 1.165) is 24.1 Å². The van der Waals surface area contributed by atoms with Gasteiger partial charge in [0.1, 0.15) is 5.75 Å². The average Bonchev–Trinajstić information content (AvgIpc) is 2.95. The molecule has 2 aromatic carbocycles. The fourth-order valence-electron chi connectivity index (χ4n) is 2.84. The highest BCUT2D eigenvalue weighted by Gasteiger charge is 2.20. The number of carbonyl (C=O) groups is 2. The fraction of sp³-hybridized carbons (Fsp3) is 0.263. The van der Waals surface area contributed by atoms with Crippen LogP contribution in [0.25, 0.3) is 0 Å². The maximum atomic E-state index is 12.4. The molecule has 3 rings (SSSR count). The van der Waals surface area contributed by atoms with Crippen LogP contribution in [0.1, 0.15) is 34.3 Å². The SMILES string of the molecule is Cc1ccc(NC(=O)c2cccc(CN3CCCC3=O)c2)c(O)c1. The Morgan fingerprint density at radius 2 is 2.08 bits per heavy atom. The molecule has 0 aliphatic carbocycles. The van der Waals surface area contributed by atoms with E-state index in [4.69, 9.17) is 0 Å². The second-order valence-corrected chi connectivity index (χ2v) is 6.09. The predicted molar refractivity (Wildman–Crippen MR) is 91.9 cm³/mol. The van der Waals surface area contributed by atoms with E-state index >= 15 is 0 Å². The van der Waals surface area contributed by atoms with Crippen molar-refractivity contribution in [1.82, 2.24) is 4.90 Å². The minimum Gasteiger partial charge on any atom is -0.506 e. The van der Waals surface area contributed by atoms with Gasteiger partial charge in [-0.25, -0.2) is 0 Å². The van der Waals surface area contributed by atoms with Crippen LogP contribution in [0.15, 0.2) is 42.5 Å². The summed E-state index contributed by atoms with van der Waals surface area (Å²) in [6.45, 7) is 3.16. The Kier molecular flexibility index (Phi) is 4.51. The van der Waals surface area contributed by atoms with Gasteiger partial charge in [0.2, 0.25) is 5.91 Å². The number of likely N-dealkylation sites (tertiary alicyclic amines) is 1. The van der Waals surface area contributed by atoms with Gasteiger partial charge in [0.25, 0.3) is 5.91 Å². The molecule has 0 atom stereocenters. The number of phenols is 1. The summed E-state index contributed by atoms with van der Waals surface area (Å²) in [5.41, 5.74) is 2.72. The smallest absolute Gasteiger partial charge is 0.255 e. The molecule has 1 fully saturated rings. The molecular weight excluding hydrogens is 304 g/mol. The van der Waals surface area contributed by atoms with Crippen LogP contribution in [0.2, 0.25) is 0 Å². The number of nitrogens with zero attached hydrogens (tertiary/aromatic N) is 1. The summed E-state index contributed by atoms with van der Waals surface area (Å²) in [6.07, 6.45) is 1.50. The molecule has 5 nitrogen and oxygen atoms in total. The molecule has 2 N–H and O–H groups in total. The Labute approximate surface area is 140 Å². The van der Waals surface area contributed by atoms with Crippen LogP contribution in [0.5, 0.6) is 5.75 Å². The number of hydrogen-bond donors (Lipinski definition) is 2. The van der Waals surface area contributed by atoms with Crippen molar-refractivity contribution in [2.75, 3.05) is 11.9 Å². The molecular formula is C19H20N2O3. The van der Waals surface area contributed by atoms with E-state index in [2.05, 4.69) is 5.32 Å². The number of anilines is 1. The Hall–Kier alpha value is -2.82. The van der Waals surface area contributed by atoms with Crippen LogP contribution in [-0.2, 0) is 11.3 Å². The zero-order valence-corrected chi connectivity index (χ0v) is 13.6. The number of aromatic hydroxyl groups is 1. The van der Waals surface area contributed by atoms with Gasteiger partial charge in [-0.1, -0.05) is 18.2 Å². The lowest BCUT2D eigenvalue weighted by molar-refractivity contribution is -0.128. The molecule has 1 saturated heterocycles. The van der Waals surface area contributed by atoms with Crippen molar-refractivity contribution in [2.24, 2.45) is 0 Å². The van der Waals surface area contributed by atoms with Gasteiger partial charge in [-0.3, -0.25) is 9.59 Å². The highest BCUT2D eigenvalue weighted by molar-refractivity contribution is 6.05. The first kappa shape index (κ1) is 16.1. The van der Waals surface area contributed by atoms with Crippen LogP contribution in [0.3, 0.4) is 0 Å². The van der Waals surface area contributed by atoms with Crippen molar-refractivity contribution in [3.63, 3.8) is 0 Å². The van der Waals surface area contributed by atoms with Crippen LogP contribution < -0.4 is 5.32 Å². The number of phenolic OH excluding ortho intramolecular Hbond substituents is 1. The summed E-state index contributed by atoms with van der Waals surface area (Å²) in [5.74, 6) is -0.0830. The van der Waals surface area contributed by atoms with E-state index in [1.165, 1.54) is 0 Å². The Bertz CT molecular complexity index is 786. The van der Waals surface area contributed by atoms with E-state index in [0.29, 0.717) is 24.2 Å². The largest absolute Gasteiger partial charge is 0.506 e. The number of hydrogen-bond acceptors (Lipinski definition) is 3. The minimum absolute atomic E-state index is 0.0437. The van der Waals surface area contributed by atoms with Crippen LogP contribution in [-0.4, -0.2) is 28.4 Å². The molecule has 0 bridgehead atoms. The van der Waals surface area contributed by atoms with Gasteiger partial charge in [0, 0.05) is 25.1 Å². The first-order valence-corrected chi connectivity index (χ1v) is 8.00. The lowest BCUT2D eigenvalue weighted by Gasteiger charge is -2.16. The van der Waals surface area contributed by atoms with Crippen molar-refractivity contribution in [3.05, 3.63) is 59.2 Å².